The van der Waals surface area contributed by atoms with Crippen LogP contribution in [0, 0.1) is 0 Å². The summed E-state index contributed by atoms with van der Waals surface area (Å²) < 4.78 is 0. The van der Waals surface area contributed by atoms with Gasteiger partial charge in [0.2, 0.25) is 0 Å². The molecule has 0 bridgehead atoms. The van der Waals surface area contributed by atoms with Crippen LogP contribution in [0.1, 0.15) is 16.8 Å². The van der Waals surface area contributed by atoms with Gasteiger partial charge in [-0.3, -0.25) is 14.6 Å². The SMILES string of the molecule is O=C(O)C/C(=N\NC(=O)c1ccncc1)C(=O)O. The Labute approximate surface area is 101 Å². The van der Waals surface area contributed by atoms with Crippen molar-refractivity contribution in [2.75, 3.05) is 0 Å². The Morgan fingerprint density at radius 3 is 2.33 bits per heavy atom. The van der Waals surface area contributed by atoms with Crippen LogP contribution in [0.5, 0.6) is 0 Å². The van der Waals surface area contributed by atoms with Gasteiger partial charge in [0.05, 0.1) is 6.42 Å². The lowest BCUT2D eigenvalue weighted by Gasteiger charge is -2.01. The summed E-state index contributed by atoms with van der Waals surface area (Å²) in [7, 11) is 0. The molecule has 8 heteroatoms. The number of carboxylic acids is 2. The van der Waals surface area contributed by atoms with E-state index in [-0.39, 0.29) is 5.56 Å². The maximum absolute atomic E-state index is 11.5. The molecule has 3 N–H and O–H groups in total. The van der Waals surface area contributed by atoms with Gasteiger partial charge in [0.15, 0.2) is 5.71 Å². The standard InChI is InChI=1S/C10H9N3O5/c14-8(15)5-7(10(17)18)12-13-9(16)6-1-3-11-4-2-6/h1-4H,5H2,(H,13,16)(H,14,15)(H,17,18)/b12-7+. The average Bonchev–Trinajstić information content (AvgIpc) is 2.34. The molecule has 1 aromatic heterocycles. The molecular formula is C10H9N3O5. The second-order valence-electron chi connectivity index (χ2n) is 3.11. The number of nitrogens with zero attached hydrogens (tertiary/aromatic N) is 2. The van der Waals surface area contributed by atoms with Crippen molar-refractivity contribution >= 4 is 23.6 Å². The van der Waals surface area contributed by atoms with Crippen LogP contribution in [0.4, 0.5) is 0 Å². The Balaban J connectivity index is 2.74. The van der Waals surface area contributed by atoms with Crippen LogP contribution in [-0.2, 0) is 9.59 Å². The normalized spacial score (nSPS) is 10.8. The van der Waals surface area contributed by atoms with Crippen molar-refractivity contribution in [3.8, 4) is 0 Å². The molecule has 8 nitrogen and oxygen atoms in total. The van der Waals surface area contributed by atoms with E-state index in [0.29, 0.717) is 0 Å². The topological polar surface area (TPSA) is 129 Å². The first-order chi connectivity index (χ1) is 8.50. The van der Waals surface area contributed by atoms with Gasteiger partial charge in [-0.25, -0.2) is 10.2 Å². The monoisotopic (exact) mass is 251 g/mol. The highest BCUT2D eigenvalue weighted by atomic mass is 16.4. The summed E-state index contributed by atoms with van der Waals surface area (Å²) in [5.74, 6) is -3.51. The molecule has 0 fully saturated rings. The predicted octanol–water partition coefficient (Wildman–Crippen LogP) is -0.273. The molecule has 18 heavy (non-hydrogen) atoms. The zero-order valence-corrected chi connectivity index (χ0v) is 9.03. The first-order valence-electron chi connectivity index (χ1n) is 4.72. The summed E-state index contributed by atoms with van der Waals surface area (Å²) in [4.78, 5) is 36.2. The maximum Gasteiger partial charge on any atom is 0.352 e. The zero-order valence-electron chi connectivity index (χ0n) is 9.03. The number of hydrogen-bond acceptors (Lipinski definition) is 5. The first kappa shape index (κ1) is 13.3. The molecule has 0 aliphatic heterocycles. The number of amides is 1. The molecule has 1 rings (SSSR count). The number of pyridine rings is 1. The summed E-state index contributed by atoms with van der Waals surface area (Å²) in [6.07, 6.45) is 1.98. The second kappa shape index (κ2) is 6.09. The molecule has 1 amide bonds. The number of hydrazone groups is 1. The quantitative estimate of drug-likeness (QED) is 0.487. The van der Waals surface area contributed by atoms with E-state index in [1.54, 1.807) is 0 Å². The van der Waals surface area contributed by atoms with Crippen molar-refractivity contribution in [2.45, 2.75) is 6.42 Å². The molecular weight excluding hydrogens is 242 g/mol. The molecule has 0 atom stereocenters. The Bertz CT molecular complexity index is 497. The molecule has 0 radical (unpaired) electrons. The van der Waals surface area contributed by atoms with Crippen molar-refractivity contribution in [3.05, 3.63) is 30.1 Å². The van der Waals surface area contributed by atoms with E-state index in [4.69, 9.17) is 10.2 Å². The molecule has 1 heterocycles. The van der Waals surface area contributed by atoms with E-state index in [1.807, 2.05) is 5.43 Å². The number of nitrogens with one attached hydrogen (secondary N) is 1. The lowest BCUT2D eigenvalue weighted by Crippen LogP contribution is -2.25. The van der Waals surface area contributed by atoms with Crippen LogP contribution in [0.3, 0.4) is 0 Å². The van der Waals surface area contributed by atoms with Gasteiger partial charge in [-0.05, 0) is 12.1 Å². The third-order valence-corrected chi connectivity index (χ3v) is 1.80. The van der Waals surface area contributed by atoms with Gasteiger partial charge in [0.1, 0.15) is 0 Å². The fraction of sp³-hybridized carbons (Fsp3) is 0.100. The summed E-state index contributed by atoms with van der Waals surface area (Å²) in [5, 5.41) is 20.4. The Hall–Kier alpha value is -2.77. The van der Waals surface area contributed by atoms with Crippen molar-refractivity contribution in [1.29, 1.82) is 0 Å². The number of carbonyl (C=O) groups excluding carboxylic acids is 1. The second-order valence-corrected chi connectivity index (χ2v) is 3.11. The highest BCUT2D eigenvalue weighted by Crippen LogP contribution is 1.96. The van der Waals surface area contributed by atoms with Crippen LogP contribution in [-0.4, -0.2) is 38.8 Å². The fourth-order valence-electron chi connectivity index (χ4n) is 0.992. The van der Waals surface area contributed by atoms with Crippen LogP contribution < -0.4 is 5.43 Å². The van der Waals surface area contributed by atoms with Gasteiger partial charge in [-0.15, -0.1) is 0 Å². The minimum atomic E-state index is -1.51. The van der Waals surface area contributed by atoms with Gasteiger partial charge in [-0.2, -0.15) is 5.10 Å². The van der Waals surface area contributed by atoms with E-state index >= 15 is 0 Å². The summed E-state index contributed by atoms with van der Waals surface area (Å²) in [6.45, 7) is 0. The predicted molar refractivity (Wildman–Crippen MR) is 59.0 cm³/mol. The third-order valence-electron chi connectivity index (χ3n) is 1.80. The number of carboxylic acid groups (broad SMARTS) is 2. The van der Waals surface area contributed by atoms with E-state index < -0.39 is 30.0 Å². The van der Waals surface area contributed by atoms with Crippen LogP contribution in [0.15, 0.2) is 29.6 Å². The van der Waals surface area contributed by atoms with E-state index in [9.17, 15) is 14.4 Å². The number of carbonyl (C=O) groups is 3. The van der Waals surface area contributed by atoms with Crippen LogP contribution >= 0.6 is 0 Å². The molecule has 1 aromatic rings. The number of rotatable bonds is 5. The van der Waals surface area contributed by atoms with Gasteiger partial charge >= 0.3 is 11.9 Å². The Morgan fingerprint density at radius 1 is 1.22 bits per heavy atom. The van der Waals surface area contributed by atoms with E-state index in [0.717, 1.165) is 0 Å². The van der Waals surface area contributed by atoms with Crippen molar-refractivity contribution in [1.82, 2.24) is 10.4 Å². The van der Waals surface area contributed by atoms with Crippen molar-refractivity contribution < 1.29 is 24.6 Å². The molecule has 0 unspecified atom stereocenters. The molecule has 94 valence electrons. The summed E-state index contributed by atoms with van der Waals surface area (Å²) in [5.41, 5.74) is 1.53. The smallest absolute Gasteiger partial charge is 0.352 e. The van der Waals surface area contributed by atoms with Gasteiger partial charge < -0.3 is 10.2 Å². The largest absolute Gasteiger partial charge is 0.481 e. The minimum absolute atomic E-state index is 0.230. The van der Waals surface area contributed by atoms with Gasteiger partial charge in [-0.1, -0.05) is 0 Å². The summed E-state index contributed by atoms with van der Waals surface area (Å²) >= 11 is 0. The lowest BCUT2D eigenvalue weighted by atomic mass is 10.2. The number of aromatic nitrogens is 1. The highest BCUT2D eigenvalue weighted by Gasteiger charge is 2.14. The molecule has 0 aliphatic rings. The zero-order chi connectivity index (χ0) is 13.5. The fourth-order valence-corrected chi connectivity index (χ4v) is 0.992. The molecule has 0 aliphatic carbocycles. The van der Waals surface area contributed by atoms with Gasteiger partial charge in [0.25, 0.3) is 5.91 Å². The van der Waals surface area contributed by atoms with E-state index in [1.165, 1.54) is 24.5 Å². The molecule has 0 spiro atoms. The number of hydrogen-bond donors (Lipinski definition) is 3. The maximum atomic E-state index is 11.5. The molecule has 0 saturated heterocycles. The summed E-state index contributed by atoms with van der Waals surface area (Å²) in [6, 6.07) is 2.81. The lowest BCUT2D eigenvalue weighted by molar-refractivity contribution is -0.137. The van der Waals surface area contributed by atoms with Crippen LogP contribution in [0.25, 0.3) is 0 Å². The van der Waals surface area contributed by atoms with Crippen molar-refractivity contribution in [2.24, 2.45) is 5.10 Å². The average molecular weight is 251 g/mol. The Morgan fingerprint density at radius 2 is 1.83 bits per heavy atom. The highest BCUT2D eigenvalue weighted by molar-refractivity contribution is 6.38. The third kappa shape index (κ3) is 4.00. The first-order valence-corrected chi connectivity index (χ1v) is 4.72. The van der Waals surface area contributed by atoms with Crippen LogP contribution in [0.2, 0.25) is 0 Å². The molecule has 0 aromatic carbocycles. The van der Waals surface area contributed by atoms with E-state index in [2.05, 4.69) is 10.1 Å². The van der Waals surface area contributed by atoms with Crippen molar-refractivity contribution in [3.63, 3.8) is 0 Å². The minimum Gasteiger partial charge on any atom is -0.481 e. The Kier molecular flexibility index (Phi) is 4.50. The molecule has 0 saturated carbocycles. The van der Waals surface area contributed by atoms with Gasteiger partial charge in [0, 0.05) is 18.0 Å². The number of aliphatic carboxylic acids is 2.